The number of halogens is 3. The van der Waals surface area contributed by atoms with Crippen LogP contribution in [0.4, 0.5) is 30.8 Å². The number of hydrogen-bond donors (Lipinski definition) is 3. The summed E-state index contributed by atoms with van der Waals surface area (Å²) in [4.78, 5) is 27.1. The molecule has 2 fully saturated rings. The van der Waals surface area contributed by atoms with Gasteiger partial charge in [0.15, 0.2) is 17.3 Å². The molecule has 3 aromatic rings. The maximum absolute atomic E-state index is 14.4. The molecule has 1 saturated carbocycles. The number of hydrogen-bond acceptors (Lipinski definition) is 7. The molecule has 1 atom stereocenters. The molecule has 3 N–H and O–H groups in total. The monoisotopic (exact) mass is 489 g/mol. The summed E-state index contributed by atoms with van der Waals surface area (Å²) in [5, 5.41) is 15.7. The Morgan fingerprint density at radius 2 is 1.80 bits per heavy atom. The Labute approximate surface area is 199 Å². The number of aliphatic hydroxyl groups is 1. The number of carbonyl (C=O) groups excluding carboxylic acids is 1. The van der Waals surface area contributed by atoms with Gasteiger partial charge in [-0.05, 0) is 32.1 Å². The van der Waals surface area contributed by atoms with Crippen molar-refractivity contribution in [3.63, 3.8) is 0 Å². The molecule has 2 aromatic heterocycles. The molecule has 1 aliphatic heterocycles. The number of nitrogens with one attached hydrogen (secondary N) is 2. The van der Waals surface area contributed by atoms with Crippen molar-refractivity contribution in [1.82, 2.24) is 24.4 Å². The first-order chi connectivity index (χ1) is 16.8. The van der Waals surface area contributed by atoms with Crippen LogP contribution in [0, 0.1) is 17.5 Å². The second kappa shape index (κ2) is 9.33. The number of aliphatic hydroxyl groups excluding tert-OH is 1. The quantitative estimate of drug-likeness (QED) is 0.504. The molecule has 0 bridgehead atoms. The van der Waals surface area contributed by atoms with Crippen LogP contribution in [0.3, 0.4) is 0 Å². The van der Waals surface area contributed by atoms with E-state index in [0.29, 0.717) is 61.6 Å². The molecule has 0 spiro atoms. The predicted octanol–water partition coefficient (Wildman–Crippen LogP) is 3.50. The van der Waals surface area contributed by atoms with Crippen molar-refractivity contribution in [3.05, 3.63) is 35.8 Å². The number of fused-ring (bicyclic) bond motifs is 1. The molecule has 35 heavy (non-hydrogen) atoms. The Morgan fingerprint density at radius 3 is 2.46 bits per heavy atom. The molecule has 1 saturated heterocycles. The number of benzene rings is 1. The Balaban J connectivity index is 1.52. The number of anilines is 3. The van der Waals surface area contributed by atoms with Crippen LogP contribution >= 0.6 is 0 Å². The first kappa shape index (κ1) is 23.3. The van der Waals surface area contributed by atoms with E-state index < -0.39 is 23.1 Å². The minimum atomic E-state index is -1.09. The van der Waals surface area contributed by atoms with Crippen molar-refractivity contribution < 1.29 is 23.1 Å². The van der Waals surface area contributed by atoms with Crippen molar-refractivity contribution in [1.29, 1.82) is 0 Å². The van der Waals surface area contributed by atoms with Gasteiger partial charge in [-0.3, -0.25) is 9.36 Å². The maximum atomic E-state index is 14.4. The summed E-state index contributed by atoms with van der Waals surface area (Å²) in [5.41, 5.74) is 0.317. The summed E-state index contributed by atoms with van der Waals surface area (Å²) in [6.45, 7) is 2.40. The van der Waals surface area contributed by atoms with Crippen molar-refractivity contribution in [2.45, 2.75) is 57.2 Å². The Hall–Kier alpha value is -3.41. The van der Waals surface area contributed by atoms with Crippen molar-refractivity contribution in [3.8, 4) is 0 Å². The minimum Gasteiger partial charge on any atom is -0.393 e. The smallest absolute Gasteiger partial charge is 0.224 e. The van der Waals surface area contributed by atoms with Crippen LogP contribution < -0.4 is 10.6 Å². The van der Waals surface area contributed by atoms with Gasteiger partial charge in [-0.25, -0.2) is 23.1 Å². The normalized spacial score (nSPS) is 22.5. The SMILES string of the molecule is CC(=O)N1CC[C@H](n2c(Nc3c(F)cc(F)cc3F)nc3cnc(N[C@H]4CC[C@H](O)CC4)nc32)C1. The molecule has 9 nitrogen and oxygen atoms in total. The zero-order chi connectivity index (χ0) is 24.7. The lowest BCUT2D eigenvalue weighted by Gasteiger charge is -2.26. The summed E-state index contributed by atoms with van der Waals surface area (Å²) in [5.74, 6) is -2.78. The van der Waals surface area contributed by atoms with Crippen LogP contribution in [-0.4, -0.2) is 60.7 Å². The average molecular weight is 490 g/mol. The number of amides is 1. The number of rotatable bonds is 5. The largest absolute Gasteiger partial charge is 0.393 e. The summed E-state index contributed by atoms with van der Waals surface area (Å²) in [7, 11) is 0. The standard InChI is InChI=1S/C23H26F3N7O2/c1-12(34)32-7-6-15(11-32)33-21-19(10-27-22(31-21)28-14-2-4-16(35)5-3-14)29-23(33)30-20-17(25)8-13(24)9-18(20)26/h8-10,14-16,35H,2-7,11H2,1H3,(H,29,30)(H,27,28,31)/t14-,15-,16-/m0/s1. The lowest BCUT2D eigenvalue weighted by Crippen LogP contribution is -2.29. The van der Waals surface area contributed by atoms with Gasteiger partial charge in [-0.1, -0.05) is 0 Å². The van der Waals surface area contributed by atoms with Gasteiger partial charge in [-0.15, -0.1) is 0 Å². The molecule has 5 rings (SSSR count). The second-order valence-corrected chi connectivity index (χ2v) is 9.13. The summed E-state index contributed by atoms with van der Waals surface area (Å²) < 4.78 is 43.9. The molecule has 186 valence electrons. The van der Waals surface area contributed by atoms with E-state index in [1.807, 2.05) is 0 Å². The van der Waals surface area contributed by atoms with Gasteiger partial charge in [0.2, 0.25) is 17.8 Å². The number of aromatic nitrogens is 4. The van der Waals surface area contributed by atoms with Crippen LogP contribution in [0.15, 0.2) is 18.3 Å². The molecule has 1 amide bonds. The van der Waals surface area contributed by atoms with Crippen molar-refractivity contribution >= 4 is 34.7 Å². The Morgan fingerprint density at radius 1 is 1.09 bits per heavy atom. The number of carbonyl (C=O) groups is 1. The molecule has 1 aromatic carbocycles. The van der Waals surface area contributed by atoms with E-state index in [4.69, 9.17) is 0 Å². The van der Waals surface area contributed by atoms with Gasteiger partial charge in [0.1, 0.15) is 17.0 Å². The fourth-order valence-electron chi connectivity index (χ4n) is 4.81. The van der Waals surface area contributed by atoms with E-state index >= 15 is 0 Å². The Bertz CT molecular complexity index is 1240. The number of imidazole rings is 1. The third-order valence-electron chi connectivity index (χ3n) is 6.68. The van der Waals surface area contributed by atoms with E-state index in [-0.39, 0.29) is 30.0 Å². The first-order valence-corrected chi connectivity index (χ1v) is 11.6. The molecule has 0 radical (unpaired) electrons. The first-order valence-electron chi connectivity index (χ1n) is 11.6. The lowest BCUT2D eigenvalue weighted by molar-refractivity contribution is -0.127. The molecule has 1 aliphatic carbocycles. The second-order valence-electron chi connectivity index (χ2n) is 9.13. The highest BCUT2D eigenvalue weighted by Crippen LogP contribution is 2.33. The zero-order valence-corrected chi connectivity index (χ0v) is 19.1. The predicted molar refractivity (Wildman–Crippen MR) is 123 cm³/mol. The van der Waals surface area contributed by atoms with E-state index in [1.165, 1.54) is 13.1 Å². The molecular weight excluding hydrogens is 463 g/mol. The molecule has 12 heteroatoms. The summed E-state index contributed by atoms with van der Waals surface area (Å²) >= 11 is 0. The Kier molecular flexibility index (Phi) is 6.22. The molecule has 3 heterocycles. The van der Waals surface area contributed by atoms with E-state index in [0.717, 1.165) is 12.8 Å². The van der Waals surface area contributed by atoms with Crippen LogP contribution in [-0.2, 0) is 4.79 Å². The van der Waals surface area contributed by atoms with Gasteiger partial charge in [-0.2, -0.15) is 4.98 Å². The lowest BCUT2D eigenvalue weighted by atomic mass is 9.93. The van der Waals surface area contributed by atoms with Gasteiger partial charge < -0.3 is 20.6 Å². The highest BCUT2D eigenvalue weighted by Gasteiger charge is 2.30. The molecule has 0 unspecified atom stereocenters. The topological polar surface area (TPSA) is 108 Å². The average Bonchev–Trinajstić information content (AvgIpc) is 3.42. The van der Waals surface area contributed by atoms with Crippen molar-refractivity contribution in [2.24, 2.45) is 0 Å². The fraction of sp³-hybridized carbons (Fsp3) is 0.478. The van der Waals surface area contributed by atoms with Crippen LogP contribution in [0.1, 0.15) is 45.1 Å². The molecule has 2 aliphatic rings. The number of likely N-dealkylation sites (tertiary alicyclic amines) is 1. The third kappa shape index (κ3) is 4.75. The highest BCUT2D eigenvalue weighted by molar-refractivity contribution is 5.77. The van der Waals surface area contributed by atoms with Gasteiger partial charge >= 0.3 is 0 Å². The maximum Gasteiger partial charge on any atom is 0.224 e. The minimum absolute atomic E-state index is 0.0708. The fourth-order valence-corrected chi connectivity index (χ4v) is 4.81. The van der Waals surface area contributed by atoms with E-state index in [9.17, 15) is 23.1 Å². The van der Waals surface area contributed by atoms with E-state index in [2.05, 4.69) is 25.6 Å². The van der Waals surface area contributed by atoms with Crippen LogP contribution in [0.25, 0.3) is 11.2 Å². The zero-order valence-electron chi connectivity index (χ0n) is 19.1. The van der Waals surface area contributed by atoms with Gasteiger partial charge in [0.05, 0.1) is 18.3 Å². The summed E-state index contributed by atoms with van der Waals surface area (Å²) in [6, 6.07) is 1.06. The summed E-state index contributed by atoms with van der Waals surface area (Å²) in [6.07, 6.45) is 4.81. The highest BCUT2D eigenvalue weighted by atomic mass is 19.1. The number of nitrogens with zero attached hydrogens (tertiary/aromatic N) is 5. The van der Waals surface area contributed by atoms with Crippen LogP contribution in [0.5, 0.6) is 0 Å². The van der Waals surface area contributed by atoms with E-state index in [1.54, 1.807) is 9.47 Å². The van der Waals surface area contributed by atoms with Crippen LogP contribution in [0.2, 0.25) is 0 Å². The third-order valence-corrected chi connectivity index (χ3v) is 6.68. The van der Waals surface area contributed by atoms with Gasteiger partial charge in [0.25, 0.3) is 0 Å². The molecular formula is C23H26F3N7O2. The van der Waals surface area contributed by atoms with Gasteiger partial charge in [0, 0.05) is 38.2 Å². The van der Waals surface area contributed by atoms with Crippen molar-refractivity contribution in [2.75, 3.05) is 23.7 Å².